The molecule has 7 heteroatoms. The van der Waals surface area contributed by atoms with Crippen LogP contribution in [0.4, 0.5) is 5.69 Å². The molecule has 2 aromatic heterocycles. The van der Waals surface area contributed by atoms with E-state index in [9.17, 15) is 4.79 Å². The number of benzene rings is 1. The maximum absolute atomic E-state index is 12.9. The lowest BCUT2D eigenvalue weighted by Gasteiger charge is -2.27. The van der Waals surface area contributed by atoms with E-state index in [2.05, 4.69) is 49.6 Å². The molecule has 1 aliphatic carbocycles. The number of hydrogen-bond acceptors (Lipinski definition) is 3. The van der Waals surface area contributed by atoms with Crippen LogP contribution >= 0.6 is 12.2 Å². The highest BCUT2D eigenvalue weighted by Gasteiger charge is 2.40. The summed E-state index contributed by atoms with van der Waals surface area (Å²) in [5.74, 6) is -0.00920. The van der Waals surface area contributed by atoms with Gasteiger partial charge in [0.15, 0.2) is 5.11 Å². The van der Waals surface area contributed by atoms with Crippen LogP contribution in [0.1, 0.15) is 72.6 Å². The smallest absolute Gasteiger partial charge is 0.226 e. The number of hydrogen-bond donors (Lipinski definition) is 2. The number of carbonyl (C=O) groups is 1. The van der Waals surface area contributed by atoms with Crippen molar-refractivity contribution in [3.8, 4) is 0 Å². The number of thiocarbonyl (C=S) groups is 1. The van der Waals surface area contributed by atoms with E-state index in [1.165, 1.54) is 31.2 Å². The number of carbonyl (C=O) groups excluding carboxylic acids is 1. The third-order valence-electron chi connectivity index (χ3n) is 7.27. The van der Waals surface area contributed by atoms with Crippen molar-refractivity contribution >= 4 is 28.9 Å². The fraction of sp³-hybridized carbons (Fsp3) is 0.393. The van der Waals surface area contributed by atoms with Gasteiger partial charge in [0.2, 0.25) is 5.91 Å². The molecule has 0 unspecified atom stereocenters. The van der Waals surface area contributed by atoms with E-state index in [0.29, 0.717) is 24.1 Å². The molecule has 2 aliphatic rings. The average molecular weight is 488 g/mol. The largest absolute Gasteiger partial charge is 0.352 e. The minimum Gasteiger partial charge on any atom is -0.352 e. The molecule has 182 valence electrons. The first kappa shape index (κ1) is 23.5. The summed E-state index contributed by atoms with van der Waals surface area (Å²) >= 11 is 5.78. The zero-order chi connectivity index (χ0) is 24.4. The van der Waals surface area contributed by atoms with Crippen molar-refractivity contribution in [3.05, 3.63) is 83.4 Å². The third-order valence-corrected chi connectivity index (χ3v) is 7.62. The molecule has 1 saturated carbocycles. The molecule has 3 heterocycles. The Bertz CT molecular complexity index is 1200. The Morgan fingerprint density at radius 3 is 2.77 bits per heavy atom. The topological polar surface area (TPSA) is 62.2 Å². The van der Waals surface area contributed by atoms with E-state index in [0.717, 1.165) is 22.5 Å². The molecule has 3 aromatic rings. The van der Waals surface area contributed by atoms with Crippen LogP contribution in [0.2, 0.25) is 0 Å². The first-order chi connectivity index (χ1) is 17.0. The van der Waals surface area contributed by atoms with Crippen LogP contribution in [0.3, 0.4) is 0 Å². The van der Waals surface area contributed by atoms with Gasteiger partial charge in [-0.15, -0.1) is 0 Å². The number of aromatic nitrogens is 2. The maximum Gasteiger partial charge on any atom is 0.226 e. The van der Waals surface area contributed by atoms with Crippen molar-refractivity contribution in [1.29, 1.82) is 0 Å². The molecule has 0 bridgehead atoms. The van der Waals surface area contributed by atoms with Gasteiger partial charge in [-0.3, -0.25) is 9.78 Å². The molecule has 1 saturated heterocycles. The van der Waals surface area contributed by atoms with Crippen molar-refractivity contribution in [2.24, 2.45) is 0 Å². The Balaban J connectivity index is 1.36. The summed E-state index contributed by atoms with van der Waals surface area (Å²) in [5, 5.41) is 7.24. The number of amides is 1. The molecule has 6 nitrogen and oxygen atoms in total. The highest BCUT2D eigenvalue weighted by molar-refractivity contribution is 7.80. The predicted octanol–water partition coefficient (Wildman–Crippen LogP) is 5.62. The van der Waals surface area contributed by atoms with Crippen molar-refractivity contribution in [3.63, 3.8) is 0 Å². The molecule has 1 aromatic carbocycles. The van der Waals surface area contributed by atoms with Crippen molar-refractivity contribution in [2.75, 3.05) is 11.9 Å². The molecule has 1 amide bonds. The monoisotopic (exact) mass is 487 g/mol. The lowest BCUT2D eigenvalue weighted by atomic mass is 9.99. The minimum absolute atomic E-state index is 0.00920. The standard InChI is InChI=1S/C28H33N5OS/c1-19-10-11-20(2)24(17-19)30-25(34)13-16-33-27(21-12-15-32(18-21)22-7-3-4-8-22)26(31-28(33)35)23-9-5-6-14-29-23/h5-6,9-12,14-15,17-18,22,26-27H,3-4,7-8,13,16H2,1-2H3,(H,30,34)(H,31,35)/t26-,27-/m0/s1. The zero-order valence-electron chi connectivity index (χ0n) is 20.4. The summed E-state index contributed by atoms with van der Waals surface area (Å²) < 4.78 is 2.37. The SMILES string of the molecule is Cc1ccc(C)c(NC(=O)CCN2C(=S)N[C@@H](c3ccccn3)[C@@H]2c2ccn(C3CCCC3)c2)c1. The van der Waals surface area contributed by atoms with Crippen LogP contribution in [0, 0.1) is 13.8 Å². The second-order valence-corrected chi connectivity index (χ2v) is 10.2. The van der Waals surface area contributed by atoms with Gasteiger partial charge in [0.05, 0.1) is 17.8 Å². The third kappa shape index (κ3) is 5.10. The van der Waals surface area contributed by atoms with E-state index < -0.39 is 0 Å². The first-order valence-electron chi connectivity index (χ1n) is 12.5. The van der Waals surface area contributed by atoms with Crippen LogP contribution < -0.4 is 10.6 Å². The summed E-state index contributed by atoms with van der Waals surface area (Å²) in [6.07, 6.45) is 11.7. The first-order valence-corrected chi connectivity index (χ1v) is 12.9. The van der Waals surface area contributed by atoms with Gasteiger partial charge < -0.3 is 20.1 Å². The Kier molecular flexibility index (Phi) is 6.86. The number of rotatable bonds is 7. The van der Waals surface area contributed by atoms with Gasteiger partial charge >= 0.3 is 0 Å². The number of nitrogens with zero attached hydrogens (tertiary/aromatic N) is 3. The highest BCUT2D eigenvalue weighted by atomic mass is 32.1. The maximum atomic E-state index is 12.9. The fourth-order valence-electron chi connectivity index (χ4n) is 5.35. The highest BCUT2D eigenvalue weighted by Crippen LogP contribution is 2.40. The second-order valence-electron chi connectivity index (χ2n) is 9.77. The lowest BCUT2D eigenvalue weighted by molar-refractivity contribution is -0.116. The molecule has 2 N–H and O–H groups in total. The summed E-state index contributed by atoms with van der Waals surface area (Å²) in [6.45, 7) is 4.58. The van der Waals surface area contributed by atoms with E-state index >= 15 is 0 Å². The Morgan fingerprint density at radius 2 is 2.00 bits per heavy atom. The van der Waals surface area contributed by atoms with Crippen LogP contribution in [0.5, 0.6) is 0 Å². The van der Waals surface area contributed by atoms with Gasteiger partial charge in [0.25, 0.3) is 0 Å². The van der Waals surface area contributed by atoms with Crippen molar-refractivity contribution in [2.45, 2.75) is 64.1 Å². The summed E-state index contributed by atoms with van der Waals surface area (Å²) in [5.41, 5.74) is 5.21. The van der Waals surface area contributed by atoms with Gasteiger partial charge in [0.1, 0.15) is 0 Å². The normalized spacial score (nSPS) is 20.3. The molecule has 1 aliphatic heterocycles. The quantitative estimate of drug-likeness (QED) is 0.424. The molecule has 2 atom stereocenters. The van der Waals surface area contributed by atoms with Gasteiger partial charge in [-0.25, -0.2) is 0 Å². The van der Waals surface area contributed by atoms with Crippen LogP contribution in [0.25, 0.3) is 0 Å². The molecule has 35 heavy (non-hydrogen) atoms. The Labute approximate surface area is 212 Å². The Morgan fingerprint density at radius 1 is 1.17 bits per heavy atom. The van der Waals surface area contributed by atoms with E-state index in [1.807, 2.05) is 50.4 Å². The lowest BCUT2D eigenvalue weighted by Crippen LogP contribution is -2.32. The number of nitrogens with one attached hydrogen (secondary N) is 2. The second kappa shape index (κ2) is 10.2. The minimum atomic E-state index is -0.0646. The van der Waals surface area contributed by atoms with Gasteiger partial charge in [-0.1, -0.05) is 31.0 Å². The molecule has 0 radical (unpaired) electrons. The van der Waals surface area contributed by atoms with E-state index in [4.69, 9.17) is 12.2 Å². The van der Waals surface area contributed by atoms with Crippen LogP contribution in [0.15, 0.2) is 61.1 Å². The number of aryl methyl sites for hydroxylation is 2. The molecule has 5 rings (SSSR count). The van der Waals surface area contributed by atoms with Crippen LogP contribution in [-0.4, -0.2) is 32.0 Å². The molecule has 2 fully saturated rings. The van der Waals surface area contributed by atoms with Gasteiger partial charge in [0, 0.05) is 43.3 Å². The summed E-state index contributed by atoms with van der Waals surface area (Å²) in [7, 11) is 0. The van der Waals surface area contributed by atoms with Crippen molar-refractivity contribution in [1.82, 2.24) is 19.8 Å². The van der Waals surface area contributed by atoms with Gasteiger partial charge in [-0.05, 0) is 79.9 Å². The Hall–Kier alpha value is -3.19. The van der Waals surface area contributed by atoms with E-state index in [1.54, 1.807) is 0 Å². The fourth-order valence-corrected chi connectivity index (χ4v) is 5.68. The van der Waals surface area contributed by atoms with Gasteiger partial charge in [-0.2, -0.15) is 0 Å². The average Bonchev–Trinajstić information content (AvgIpc) is 3.60. The number of anilines is 1. The summed E-state index contributed by atoms with van der Waals surface area (Å²) in [4.78, 5) is 19.7. The number of pyridine rings is 1. The molecular weight excluding hydrogens is 454 g/mol. The molecule has 0 spiro atoms. The summed E-state index contributed by atoms with van der Waals surface area (Å²) in [6, 6.07) is 14.8. The van der Waals surface area contributed by atoms with Crippen molar-refractivity contribution < 1.29 is 4.79 Å². The van der Waals surface area contributed by atoms with Crippen LogP contribution in [-0.2, 0) is 4.79 Å². The molecular formula is C28H33N5OS. The zero-order valence-corrected chi connectivity index (χ0v) is 21.2. The van der Waals surface area contributed by atoms with E-state index in [-0.39, 0.29) is 18.0 Å². The predicted molar refractivity (Wildman–Crippen MR) is 143 cm³/mol.